The van der Waals surface area contributed by atoms with Gasteiger partial charge in [0.1, 0.15) is 0 Å². The Kier molecular flexibility index (Phi) is 4.45. The van der Waals surface area contributed by atoms with Gasteiger partial charge in [-0.05, 0) is 32.9 Å². The Morgan fingerprint density at radius 1 is 1.18 bits per heavy atom. The minimum atomic E-state index is 0.0722. The highest BCUT2D eigenvalue weighted by Gasteiger charge is 2.03. The molecule has 17 heavy (non-hydrogen) atoms. The summed E-state index contributed by atoms with van der Waals surface area (Å²) in [6.07, 6.45) is 0. The Morgan fingerprint density at radius 2 is 1.82 bits per heavy atom. The first-order valence-electron chi connectivity index (χ1n) is 5.90. The molecule has 0 spiro atoms. The summed E-state index contributed by atoms with van der Waals surface area (Å²) >= 11 is 0. The Morgan fingerprint density at radius 3 is 2.41 bits per heavy atom. The van der Waals surface area contributed by atoms with Crippen LogP contribution in [0.4, 0.5) is 11.4 Å². The molecule has 0 heterocycles. The van der Waals surface area contributed by atoms with E-state index in [-0.39, 0.29) is 5.41 Å². The van der Waals surface area contributed by atoms with Gasteiger partial charge in [0.05, 0.1) is 17.9 Å². The molecule has 0 bridgehead atoms. The van der Waals surface area contributed by atoms with Crippen LogP contribution in [0.1, 0.15) is 20.8 Å². The number of nitrogens with zero attached hydrogens (tertiary/aromatic N) is 1. The van der Waals surface area contributed by atoms with Crippen LogP contribution in [0.15, 0.2) is 24.3 Å². The number of benzene rings is 1. The number of hydrogen-bond acceptors (Lipinski definition) is 2. The molecule has 0 aliphatic rings. The van der Waals surface area contributed by atoms with E-state index < -0.39 is 0 Å². The molecule has 0 fully saturated rings. The van der Waals surface area contributed by atoms with Gasteiger partial charge in [-0.15, -0.1) is 0 Å². The predicted octanol–water partition coefficient (Wildman–Crippen LogP) is 3.21. The minimum absolute atomic E-state index is 0.0722. The standard InChI is InChI=1S/C15H22N2/c1-15(2,3)11-8-12-16-13-9-6-7-10-14(13)17(4)5/h6-7,9-10,16H,12H2,1-5H3. The van der Waals surface area contributed by atoms with Gasteiger partial charge in [-0.25, -0.2) is 0 Å². The molecular weight excluding hydrogens is 208 g/mol. The third-order valence-corrected chi connectivity index (χ3v) is 2.22. The van der Waals surface area contributed by atoms with Crippen LogP contribution >= 0.6 is 0 Å². The van der Waals surface area contributed by atoms with E-state index in [0.717, 1.165) is 5.69 Å². The van der Waals surface area contributed by atoms with Crippen molar-refractivity contribution in [1.82, 2.24) is 0 Å². The van der Waals surface area contributed by atoms with Gasteiger partial charge in [0.15, 0.2) is 0 Å². The van der Waals surface area contributed by atoms with Gasteiger partial charge in [-0.1, -0.05) is 24.0 Å². The van der Waals surface area contributed by atoms with Crippen molar-refractivity contribution in [1.29, 1.82) is 0 Å². The smallest absolute Gasteiger partial charge is 0.0766 e. The van der Waals surface area contributed by atoms with Crippen LogP contribution in [0.3, 0.4) is 0 Å². The second kappa shape index (κ2) is 5.63. The van der Waals surface area contributed by atoms with Crippen LogP contribution in [-0.4, -0.2) is 20.6 Å². The molecule has 1 rings (SSSR count). The highest BCUT2D eigenvalue weighted by Crippen LogP contribution is 2.22. The first-order valence-corrected chi connectivity index (χ1v) is 5.90. The summed E-state index contributed by atoms with van der Waals surface area (Å²) in [6, 6.07) is 8.25. The lowest BCUT2D eigenvalue weighted by Gasteiger charge is -2.17. The first kappa shape index (κ1) is 13.4. The number of para-hydroxylation sites is 2. The van der Waals surface area contributed by atoms with E-state index in [1.165, 1.54) is 5.69 Å². The largest absolute Gasteiger partial charge is 0.376 e. The van der Waals surface area contributed by atoms with Gasteiger partial charge < -0.3 is 10.2 Å². The normalized spacial score (nSPS) is 10.4. The fourth-order valence-electron chi connectivity index (χ4n) is 1.46. The van der Waals surface area contributed by atoms with Gasteiger partial charge in [0.2, 0.25) is 0 Å². The molecule has 0 atom stereocenters. The molecule has 0 amide bonds. The SMILES string of the molecule is CN(C)c1ccccc1NCC#CC(C)(C)C. The van der Waals surface area contributed by atoms with E-state index in [2.05, 4.69) is 55.0 Å². The molecule has 0 aromatic heterocycles. The third kappa shape index (κ3) is 4.82. The third-order valence-electron chi connectivity index (χ3n) is 2.22. The zero-order valence-corrected chi connectivity index (χ0v) is 11.5. The lowest BCUT2D eigenvalue weighted by Crippen LogP contribution is -2.12. The van der Waals surface area contributed by atoms with Crippen molar-refractivity contribution in [3.05, 3.63) is 24.3 Å². The summed E-state index contributed by atoms with van der Waals surface area (Å²) in [7, 11) is 4.09. The predicted molar refractivity (Wildman–Crippen MR) is 76.5 cm³/mol. The zero-order chi connectivity index (χ0) is 12.9. The summed E-state index contributed by atoms with van der Waals surface area (Å²) in [5.41, 5.74) is 2.38. The van der Waals surface area contributed by atoms with Crippen molar-refractivity contribution < 1.29 is 0 Å². The lowest BCUT2D eigenvalue weighted by atomic mass is 9.98. The van der Waals surface area contributed by atoms with Crippen molar-refractivity contribution in [2.24, 2.45) is 5.41 Å². The van der Waals surface area contributed by atoms with Gasteiger partial charge in [0, 0.05) is 19.5 Å². The quantitative estimate of drug-likeness (QED) is 0.802. The number of rotatable bonds is 3. The summed E-state index contributed by atoms with van der Waals surface area (Å²) in [4.78, 5) is 2.10. The maximum absolute atomic E-state index is 3.35. The van der Waals surface area contributed by atoms with Crippen LogP contribution in [-0.2, 0) is 0 Å². The average Bonchev–Trinajstić information content (AvgIpc) is 2.23. The van der Waals surface area contributed by atoms with Crippen LogP contribution < -0.4 is 10.2 Å². The number of anilines is 2. The minimum Gasteiger partial charge on any atom is -0.376 e. The Balaban J connectivity index is 2.66. The molecule has 2 heteroatoms. The summed E-state index contributed by atoms with van der Waals surface area (Å²) in [5.74, 6) is 6.38. The molecule has 0 unspecified atom stereocenters. The van der Waals surface area contributed by atoms with Gasteiger partial charge in [0.25, 0.3) is 0 Å². The Labute approximate surface area is 105 Å². The Bertz CT molecular complexity index is 417. The number of hydrogen-bond donors (Lipinski definition) is 1. The molecule has 1 aromatic rings. The maximum Gasteiger partial charge on any atom is 0.0766 e. The topological polar surface area (TPSA) is 15.3 Å². The van der Waals surface area contributed by atoms with Crippen LogP contribution in [0.5, 0.6) is 0 Å². The van der Waals surface area contributed by atoms with Crippen molar-refractivity contribution >= 4 is 11.4 Å². The molecule has 2 nitrogen and oxygen atoms in total. The van der Waals surface area contributed by atoms with E-state index in [4.69, 9.17) is 0 Å². The first-order chi connectivity index (χ1) is 7.90. The van der Waals surface area contributed by atoms with E-state index in [0.29, 0.717) is 6.54 Å². The molecule has 0 saturated heterocycles. The molecule has 1 N–H and O–H groups in total. The van der Waals surface area contributed by atoms with Crippen LogP contribution in [0, 0.1) is 17.3 Å². The summed E-state index contributed by atoms with van der Waals surface area (Å²) in [6.45, 7) is 7.04. The summed E-state index contributed by atoms with van der Waals surface area (Å²) in [5, 5.41) is 3.35. The van der Waals surface area contributed by atoms with E-state index in [1.54, 1.807) is 0 Å². The molecule has 0 aliphatic heterocycles. The van der Waals surface area contributed by atoms with Crippen LogP contribution in [0.2, 0.25) is 0 Å². The second-order valence-corrected chi connectivity index (χ2v) is 5.32. The Hall–Kier alpha value is -1.62. The molecule has 92 valence electrons. The van der Waals surface area contributed by atoms with Gasteiger partial charge in [-0.3, -0.25) is 0 Å². The monoisotopic (exact) mass is 230 g/mol. The lowest BCUT2D eigenvalue weighted by molar-refractivity contribution is 0.570. The van der Waals surface area contributed by atoms with E-state index in [9.17, 15) is 0 Å². The van der Waals surface area contributed by atoms with E-state index >= 15 is 0 Å². The molecule has 0 aliphatic carbocycles. The zero-order valence-electron chi connectivity index (χ0n) is 11.5. The van der Waals surface area contributed by atoms with E-state index in [1.807, 2.05) is 26.2 Å². The van der Waals surface area contributed by atoms with Gasteiger partial charge >= 0.3 is 0 Å². The fraction of sp³-hybridized carbons (Fsp3) is 0.467. The van der Waals surface area contributed by atoms with Crippen molar-refractivity contribution in [3.8, 4) is 11.8 Å². The van der Waals surface area contributed by atoms with Crippen LogP contribution in [0.25, 0.3) is 0 Å². The molecule has 0 radical (unpaired) electrons. The molecular formula is C15H22N2. The van der Waals surface area contributed by atoms with Crippen molar-refractivity contribution in [2.75, 3.05) is 30.9 Å². The molecule has 0 saturated carbocycles. The highest BCUT2D eigenvalue weighted by molar-refractivity contribution is 5.69. The van der Waals surface area contributed by atoms with Gasteiger partial charge in [-0.2, -0.15) is 0 Å². The van der Waals surface area contributed by atoms with Crippen molar-refractivity contribution in [3.63, 3.8) is 0 Å². The molecule has 1 aromatic carbocycles. The maximum atomic E-state index is 3.35. The fourth-order valence-corrected chi connectivity index (χ4v) is 1.46. The number of nitrogens with one attached hydrogen (secondary N) is 1. The summed E-state index contributed by atoms with van der Waals surface area (Å²) < 4.78 is 0. The van der Waals surface area contributed by atoms with Crippen molar-refractivity contribution in [2.45, 2.75) is 20.8 Å². The average molecular weight is 230 g/mol. The highest BCUT2D eigenvalue weighted by atomic mass is 15.1. The second-order valence-electron chi connectivity index (χ2n) is 5.32.